The lowest BCUT2D eigenvalue weighted by Crippen LogP contribution is -2.31. The number of hydrogen-bond donors (Lipinski definition) is 3. The van der Waals surface area contributed by atoms with Crippen molar-refractivity contribution in [1.82, 2.24) is 10.0 Å². The Labute approximate surface area is 200 Å². The molecule has 3 N–H and O–H groups in total. The minimum absolute atomic E-state index is 0.0546. The predicted molar refractivity (Wildman–Crippen MR) is 129 cm³/mol. The first-order chi connectivity index (χ1) is 16.4. The summed E-state index contributed by atoms with van der Waals surface area (Å²) in [5, 5.41) is 5.81. The lowest BCUT2D eigenvalue weighted by Gasteiger charge is -2.12. The number of benzene rings is 2. The van der Waals surface area contributed by atoms with Gasteiger partial charge < -0.3 is 15.4 Å². The van der Waals surface area contributed by atoms with Crippen LogP contribution in [0.3, 0.4) is 0 Å². The fourth-order valence-electron chi connectivity index (χ4n) is 4.35. The van der Waals surface area contributed by atoms with E-state index in [0.29, 0.717) is 17.9 Å². The SMILES string of the molecule is O=C(NCc1cccc(NC(=O)C2CCCC2)c1)c1ccc(S(=O)(=O)NCC2CCCO2)cc1. The van der Waals surface area contributed by atoms with E-state index >= 15 is 0 Å². The van der Waals surface area contributed by atoms with Crippen LogP contribution in [0.4, 0.5) is 5.69 Å². The maximum absolute atomic E-state index is 12.6. The average molecular weight is 486 g/mol. The van der Waals surface area contributed by atoms with Crippen molar-refractivity contribution in [3.63, 3.8) is 0 Å². The van der Waals surface area contributed by atoms with Crippen LogP contribution < -0.4 is 15.4 Å². The van der Waals surface area contributed by atoms with E-state index in [1.54, 1.807) is 0 Å². The summed E-state index contributed by atoms with van der Waals surface area (Å²) in [5.41, 5.74) is 1.94. The molecule has 8 nitrogen and oxygen atoms in total. The number of amides is 2. The van der Waals surface area contributed by atoms with Crippen LogP contribution in [0, 0.1) is 5.92 Å². The van der Waals surface area contributed by atoms with Crippen LogP contribution in [0.1, 0.15) is 54.4 Å². The highest BCUT2D eigenvalue weighted by molar-refractivity contribution is 7.89. The fourth-order valence-corrected chi connectivity index (χ4v) is 5.42. The van der Waals surface area contributed by atoms with Crippen molar-refractivity contribution >= 4 is 27.5 Å². The molecule has 2 aromatic rings. The van der Waals surface area contributed by atoms with Crippen molar-refractivity contribution < 1.29 is 22.7 Å². The van der Waals surface area contributed by atoms with Gasteiger partial charge in [-0.1, -0.05) is 25.0 Å². The smallest absolute Gasteiger partial charge is 0.251 e. The van der Waals surface area contributed by atoms with Crippen molar-refractivity contribution in [2.45, 2.75) is 56.1 Å². The number of ether oxygens (including phenoxy) is 1. The van der Waals surface area contributed by atoms with Gasteiger partial charge in [-0.15, -0.1) is 0 Å². The third-order valence-electron chi connectivity index (χ3n) is 6.33. The second kappa shape index (κ2) is 11.1. The van der Waals surface area contributed by atoms with Gasteiger partial charge in [0.25, 0.3) is 5.91 Å². The second-order valence-corrected chi connectivity index (χ2v) is 10.6. The van der Waals surface area contributed by atoms with Crippen molar-refractivity contribution in [1.29, 1.82) is 0 Å². The molecule has 182 valence electrons. The molecule has 1 unspecified atom stereocenters. The zero-order valence-electron chi connectivity index (χ0n) is 19.1. The molecule has 1 heterocycles. The Balaban J connectivity index is 1.29. The Kier molecular flexibility index (Phi) is 7.97. The largest absolute Gasteiger partial charge is 0.377 e. The second-order valence-electron chi connectivity index (χ2n) is 8.86. The molecule has 2 aromatic carbocycles. The van der Waals surface area contributed by atoms with E-state index in [1.165, 1.54) is 24.3 Å². The zero-order chi connectivity index (χ0) is 24.0. The van der Waals surface area contributed by atoms with E-state index < -0.39 is 10.0 Å². The molecule has 34 heavy (non-hydrogen) atoms. The standard InChI is InChI=1S/C25H31N3O5S/c29-24(20-10-12-23(13-11-20)34(31,32)27-17-22-9-4-14-33-22)26-16-18-5-3-8-21(15-18)28-25(30)19-6-1-2-7-19/h3,5,8,10-13,15,19,22,27H,1-2,4,6-7,9,14,16-17H2,(H,26,29)(H,28,30). The molecular formula is C25H31N3O5S. The van der Waals surface area contributed by atoms with Crippen LogP contribution in [-0.4, -0.2) is 39.5 Å². The molecule has 1 saturated heterocycles. The molecule has 4 rings (SSSR count). The number of nitrogens with one attached hydrogen (secondary N) is 3. The van der Waals surface area contributed by atoms with Gasteiger partial charge in [-0.2, -0.15) is 0 Å². The third-order valence-corrected chi connectivity index (χ3v) is 7.76. The molecule has 1 saturated carbocycles. The van der Waals surface area contributed by atoms with Gasteiger partial charge in [0.1, 0.15) is 0 Å². The number of rotatable bonds is 9. The van der Waals surface area contributed by atoms with Gasteiger partial charge in [0, 0.05) is 36.9 Å². The molecule has 1 aliphatic carbocycles. The summed E-state index contributed by atoms with van der Waals surface area (Å²) < 4.78 is 33.0. The summed E-state index contributed by atoms with van der Waals surface area (Å²) in [6.45, 7) is 1.19. The first-order valence-corrected chi connectivity index (χ1v) is 13.3. The molecule has 2 aliphatic rings. The molecule has 0 bridgehead atoms. The van der Waals surface area contributed by atoms with E-state index in [1.807, 2.05) is 24.3 Å². The van der Waals surface area contributed by atoms with E-state index in [9.17, 15) is 18.0 Å². The fraction of sp³-hybridized carbons (Fsp3) is 0.440. The van der Waals surface area contributed by atoms with E-state index in [2.05, 4.69) is 15.4 Å². The van der Waals surface area contributed by atoms with Gasteiger partial charge in [0.2, 0.25) is 15.9 Å². The van der Waals surface area contributed by atoms with Gasteiger partial charge in [0.15, 0.2) is 0 Å². The molecule has 9 heteroatoms. The summed E-state index contributed by atoms with van der Waals surface area (Å²) in [6.07, 6.45) is 5.77. The number of hydrogen-bond acceptors (Lipinski definition) is 5. The third kappa shape index (κ3) is 6.43. The Bertz CT molecular complexity index is 1110. The van der Waals surface area contributed by atoms with Crippen molar-refractivity contribution in [2.24, 2.45) is 5.92 Å². The highest BCUT2D eigenvalue weighted by Crippen LogP contribution is 2.26. The van der Waals surface area contributed by atoms with Crippen LogP contribution in [0.2, 0.25) is 0 Å². The number of sulfonamides is 1. The molecule has 2 amide bonds. The Morgan fingerprint density at radius 3 is 2.44 bits per heavy atom. The molecule has 0 radical (unpaired) electrons. The first-order valence-electron chi connectivity index (χ1n) is 11.8. The molecule has 1 atom stereocenters. The highest BCUT2D eigenvalue weighted by atomic mass is 32.2. The normalized spacial score (nSPS) is 18.6. The zero-order valence-corrected chi connectivity index (χ0v) is 19.9. The average Bonchev–Trinajstić information content (AvgIpc) is 3.56. The van der Waals surface area contributed by atoms with Gasteiger partial charge in [-0.25, -0.2) is 13.1 Å². The topological polar surface area (TPSA) is 114 Å². The van der Waals surface area contributed by atoms with Crippen molar-refractivity contribution in [3.8, 4) is 0 Å². The predicted octanol–water partition coefficient (Wildman–Crippen LogP) is 3.20. The van der Waals surface area contributed by atoms with Gasteiger partial charge >= 0.3 is 0 Å². The van der Waals surface area contributed by atoms with Crippen molar-refractivity contribution in [2.75, 3.05) is 18.5 Å². The van der Waals surface area contributed by atoms with Gasteiger partial charge in [0.05, 0.1) is 11.0 Å². The Hall–Kier alpha value is -2.75. The summed E-state index contributed by atoms with van der Waals surface area (Å²) in [6, 6.07) is 13.2. The molecule has 2 fully saturated rings. The summed E-state index contributed by atoms with van der Waals surface area (Å²) in [4.78, 5) is 25.0. The summed E-state index contributed by atoms with van der Waals surface area (Å²) in [7, 11) is -3.66. The molecule has 1 aliphatic heterocycles. The number of carbonyl (C=O) groups excluding carboxylic acids is 2. The van der Waals surface area contributed by atoms with Crippen LogP contribution in [-0.2, 0) is 26.1 Å². The van der Waals surface area contributed by atoms with Crippen LogP contribution in [0.5, 0.6) is 0 Å². The number of carbonyl (C=O) groups is 2. The summed E-state index contributed by atoms with van der Waals surface area (Å²) >= 11 is 0. The first kappa shape index (κ1) is 24.4. The molecular weight excluding hydrogens is 454 g/mol. The quantitative estimate of drug-likeness (QED) is 0.505. The molecule has 0 spiro atoms. The highest BCUT2D eigenvalue weighted by Gasteiger charge is 2.23. The minimum atomic E-state index is -3.66. The van der Waals surface area contributed by atoms with E-state index in [0.717, 1.165) is 44.1 Å². The van der Waals surface area contributed by atoms with Crippen LogP contribution >= 0.6 is 0 Å². The van der Waals surface area contributed by atoms with Crippen LogP contribution in [0.25, 0.3) is 0 Å². The minimum Gasteiger partial charge on any atom is -0.377 e. The lowest BCUT2D eigenvalue weighted by molar-refractivity contribution is -0.119. The molecule has 0 aromatic heterocycles. The Morgan fingerprint density at radius 1 is 0.971 bits per heavy atom. The lowest BCUT2D eigenvalue weighted by atomic mass is 10.1. The number of anilines is 1. The maximum atomic E-state index is 12.6. The van der Waals surface area contributed by atoms with E-state index in [-0.39, 0.29) is 41.8 Å². The summed E-state index contributed by atoms with van der Waals surface area (Å²) in [5.74, 6) is -0.169. The van der Waals surface area contributed by atoms with Crippen LogP contribution in [0.15, 0.2) is 53.4 Å². The Morgan fingerprint density at radius 2 is 1.74 bits per heavy atom. The van der Waals surface area contributed by atoms with Crippen molar-refractivity contribution in [3.05, 3.63) is 59.7 Å². The van der Waals surface area contributed by atoms with Gasteiger partial charge in [-0.3, -0.25) is 9.59 Å². The van der Waals surface area contributed by atoms with E-state index in [4.69, 9.17) is 4.74 Å². The monoisotopic (exact) mass is 485 g/mol. The van der Waals surface area contributed by atoms with Gasteiger partial charge in [-0.05, 0) is 67.6 Å². The maximum Gasteiger partial charge on any atom is 0.251 e.